The van der Waals surface area contributed by atoms with Crippen LogP contribution >= 0.6 is 0 Å². The topological polar surface area (TPSA) is 151 Å². The molecule has 0 saturated carbocycles. The number of carbonyl (C=O) groups is 2. The summed E-state index contributed by atoms with van der Waals surface area (Å²) in [5.41, 5.74) is 0.481. The van der Waals surface area contributed by atoms with Gasteiger partial charge in [-0.25, -0.2) is 27.6 Å². The number of anilines is 1. The third-order valence-electron chi connectivity index (χ3n) is 4.68. The van der Waals surface area contributed by atoms with Crippen LogP contribution in [0.5, 0.6) is 11.5 Å². The van der Waals surface area contributed by atoms with Crippen LogP contribution in [0.3, 0.4) is 0 Å². The second kappa shape index (κ2) is 9.35. The van der Waals surface area contributed by atoms with E-state index in [1.807, 2.05) is 0 Å². The first kappa shape index (κ1) is 23.6. The molecule has 0 bridgehead atoms. The number of ether oxygens (including phenoxy) is 1. The van der Waals surface area contributed by atoms with Crippen LogP contribution in [0.25, 0.3) is 11.3 Å². The Morgan fingerprint density at radius 2 is 1.71 bits per heavy atom. The Hall–Kier alpha value is -4.58. The molecule has 4 rings (SSSR count). The monoisotopic (exact) mass is 496 g/mol. The van der Waals surface area contributed by atoms with Gasteiger partial charge in [0, 0.05) is 29.8 Å². The van der Waals surface area contributed by atoms with Gasteiger partial charge < -0.3 is 20.1 Å². The molecule has 12 heteroatoms. The molecule has 35 heavy (non-hydrogen) atoms. The first-order valence-electron chi connectivity index (χ1n) is 9.95. The number of rotatable bonds is 7. The average molecular weight is 496 g/mol. The van der Waals surface area contributed by atoms with E-state index in [1.165, 1.54) is 54.7 Å². The summed E-state index contributed by atoms with van der Waals surface area (Å²) in [4.78, 5) is 34.3. The number of carboxylic acid groups (broad SMARTS) is 1. The van der Waals surface area contributed by atoms with Crippen LogP contribution in [0.2, 0.25) is 0 Å². The number of aromatic nitrogens is 3. The third-order valence-corrected chi connectivity index (χ3v) is 5.57. The normalized spacial score (nSPS) is 11.1. The van der Waals surface area contributed by atoms with E-state index < -0.39 is 32.7 Å². The fourth-order valence-corrected chi connectivity index (χ4v) is 3.58. The van der Waals surface area contributed by atoms with Crippen molar-refractivity contribution >= 4 is 27.4 Å². The molecule has 0 atom stereocenters. The van der Waals surface area contributed by atoms with Gasteiger partial charge in [-0.2, -0.15) is 0 Å². The first-order valence-corrected chi connectivity index (χ1v) is 11.8. The molecule has 0 spiro atoms. The molecule has 1 amide bonds. The maximum Gasteiger partial charge on any atom is 0.354 e. The number of imidazole rings is 1. The minimum absolute atomic E-state index is 0.0507. The van der Waals surface area contributed by atoms with Gasteiger partial charge >= 0.3 is 5.97 Å². The van der Waals surface area contributed by atoms with Crippen molar-refractivity contribution in [3.8, 4) is 22.8 Å². The van der Waals surface area contributed by atoms with Gasteiger partial charge in [-0.3, -0.25) is 4.79 Å². The predicted octanol–water partition coefficient (Wildman–Crippen LogP) is 3.76. The van der Waals surface area contributed by atoms with Gasteiger partial charge in [0.1, 0.15) is 28.7 Å². The number of amides is 1. The van der Waals surface area contributed by atoms with E-state index in [-0.39, 0.29) is 22.8 Å². The number of benzene rings is 2. The third kappa shape index (κ3) is 5.50. The largest absolute Gasteiger partial charge is 0.477 e. The number of nitrogens with one attached hydrogen (secondary N) is 2. The number of aromatic carboxylic acids is 1. The second-order valence-corrected chi connectivity index (χ2v) is 9.24. The lowest BCUT2D eigenvalue weighted by atomic mass is 10.1. The SMILES string of the molecule is CS(=O)(=O)c1nc(-c2ccc(F)cc2)c(C(=O)Nc2ccc(Oc3ccnc(C(=O)O)c3)cc2)[nH]1. The number of halogens is 1. The number of carboxylic acids is 1. The van der Waals surface area contributed by atoms with E-state index in [0.717, 1.165) is 6.26 Å². The summed E-state index contributed by atoms with van der Waals surface area (Å²) in [6.45, 7) is 0. The second-order valence-electron chi connectivity index (χ2n) is 7.31. The van der Waals surface area contributed by atoms with E-state index in [2.05, 4.69) is 20.3 Å². The molecule has 178 valence electrons. The van der Waals surface area contributed by atoms with Crippen LogP contribution in [-0.4, -0.2) is 46.6 Å². The van der Waals surface area contributed by atoms with Gasteiger partial charge in [-0.15, -0.1) is 0 Å². The van der Waals surface area contributed by atoms with Crippen LogP contribution < -0.4 is 10.1 Å². The fraction of sp³-hybridized carbons (Fsp3) is 0.0435. The van der Waals surface area contributed by atoms with Crippen LogP contribution in [0.1, 0.15) is 21.0 Å². The highest BCUT2D eigenvalue weighted by Gasteiger charge is 2.23. The number of carbonyl (C=O) groups excluding carboxylic acids is 1. The summed E-state index contributed by atoms with van der Waals surface area (Å²) in [6, 6.07) is 14.1. The Labute approximate surface area is 198 Å². The van der Waals surface area contributed by atoms with Crippen LogP contribution in [0.4, 0.5) is 10.1 Å². The molecule has 4 aromatic rings. The molecule has 0 aliphatic heterocycles. The molecule has 0 radical (unpaired) electrons. The predicted molar refractivity (Wildman–Crippen MR) is 123 cm³/mol. The molecule has 2 aromatic heterocycles. The number of sulfone groups is 1. The summed E-state index contributed by atoms with van der Waals surface area (Å²) in [5.74, 6) is -1.71. The Bertz CT molecular complexity index is 1520. The summed E-state index contributed by atoms with van der Waals surface area (Å²) in [6.07, 6.45) is 2.25. The zero-order chi connectivity index (χ0) is 25.2. The van der Waals surface area contributed by atoms with E-state index in [4.69, 9.17) is 9.84 Å². The van der Waals surface area contributed by atoms with E-state index in [0.29, 0.717) is 17.0 Å². The number of aromatic amines is 1. The zero-order valence-corrected chi connectivity index (χ0v) is 18.8. The van der Waals surface area contributed by atoms with E-state index in [9.17, 15) is 22.4 Å². The number of H-pyrrole nitrogens is 1. The lowest BCUT2D eigenvalue weighted by molar-refractivity contribution is 0.0689. The van der Waals surface area contributed by atoms with Gasteiger partial charge in [0.2, 0.25) is 15.0 Å². The van der Waals surface area contributed by atoms with Crippen molar-refractivity contribution in [2.45, 2.75) is 5.16 Å². The average Bonchev–Trinajstić information content (AvgIpc) is 3.27. The van der Waals surface area contributed by atoms with E-state index >= 15 is 0 Å². The van der Waals surface area contributed by atoms with Crippen LogP contribution in [0.15, 0.2) is 72.0 Å². The van der Waals surface area contributed by atoms with Crippen molar-refractivity contribution in [3.63, 3.8) is 0 Å². The number of hydrogen-bond donors (Lipinski definition) is 3. The minimum atomic E-state index is -3.75. The molecule has 2 heterocycles. The number of hydrogen-bond acceptors (Lipinski definition) is 7. The van der Waals surface area contributed by atoms with E-state index in [1.54, 1.807) is 12.1 Å². The highest BCUT2D eigenvalue weighted by Crippen LogP contribution is 2.26. The lowest BCUT2D eigenvalue weighted by Crippen LogP contribution is -2.14. The minimum Gasteiger partial charge on any atom is -0.477 e. The van der Waals surface area contributed by atoms with Gasteiger partial charge in [0.25, 0.3) is 5.91 Å². The highest BCUT2D eigenvalue weighted by molar-refractivity contribution is 7.90. The molecule has 2 aromatic carbocycles. The molecule has 0 aliphatic carbocycles. The first-order chi connectivity index (χ1) is 16.6. The summed E-state index contributed by atoms with van der Waals surface area (Å²) in [7, 11) is -3.75. The molecular weight excluding hydrogens is 479 g/mol. The van der Waals surface area contributed by atoms with Crippen molar-refractivity contribution in [2.24, 2.45) is 0 Å². The Morgan fingerprint density at radius 3 is 2.34 bits per heavy atom. The molecule has 10 nitrogen and oxygen atoms in total. The van der Waals surface area contributed by atoms with Crippen molar-refractivity contribution in [3.05, 3.63) is 84.1 Å². The molecular formula is C23H17FN4O6S. The molecule has 3 N–H and O–H groups in total. The highest BCUT2D eigenvalue weighted by atomic mass is 32.2. The van der Waals surface area contributed by atoms with Gasteiger partial charge in [0.15, 0.2) is 5.69 Å². The Balaban J connectivity index is 1.56. The van der Waals surface area contributed by atoms with Crippen molar-refractivity contribution in [2.75, 3.05) is 11.6 Å². The molecule has 0 fully saturated rings. The fourth-order valence-electron chi connectivity index (χ4n) is 3.04. The number of pyridine rings is 1. The van der Waals surface area contributed by atoms with Gasteiger partial charge in [0.05, 0.1) is 0 Å². The Morgan fingerprint density at radius 1 is 1.03 bits per heavy atom. The lowest BCUT2D eigenvalue weighted by Gasteiger charge is -2.09. The smallest absolute Gasteiger partial charge is 0.354 e. The van der Waals surface area contributed by atoms with Crippen LogP contribution in [0, 0.1) is 5.82 Å². The summed E-state index contributed by atoms with van der Waals surface area (Å²) < 4.78 is 42.9. The maximum atomic E-state index is 13.3. The standard InChI is InChI=1S/C23H17FN4O6S/c1-35(32,33)23-27-19(13-2-4-14(24)5-3-13)20(28-23)21(29)26-15-6-8-16(9-7-15)34-17-10-11-25-18(12-17)22(30)31/h2-12H,1H3,(H,26,29)(H,27,28)(H,30,31). The van der Waals surface area contributed by atoms with Gasteiger partial charge in [-0.1, -0.05) is 0 Å². The molecule has 0 saturated heterocycles. The van der Waals surface area contributed by atoms with Crippen molar-refractivity contribution in [1.29, 1.82) is 0 Å². The van der Waals surface area contributed by atoms with Crippen LogP contribution in [-0.2, 0) is 9.84 Å². The zero-order valence-electron chi connectivity index (χ0n) is 18.0. The van der Waals surface area contributed by atoms with Gasteiger partial charge in [-0.05, 0) is 54.6 Å². The Kier molecular flexibility index (Phi) is 6.30. The summed E-state index contributed by atoms with van der Waals surface area (Å²) in [5, 5.41) is 11.3. The maximum absolute atomic E-state index is 13.3. The quantitative estimate of drug-likeness (QED) is 0.350. The molecule has 0 aliphatic rings. The van der Waals surface area contributed by atoms with Crippen molar-refractivity contribution < 1.29 is 32.2 Å². The summed E-state index contributed by atoms with van der Waals surface area (Å²) >= 11 is 0. The molecule has 0 unspecified atom stereocenters. The number of nitrogens with zero attached hydrogens (tertiary/aromatic N) is 2. The van der Waals surface area contributed by atoms with Crippen molar-refractivity contribution in [1.82, 2.24) is 15.0 Å².